The lowest BCUT2D eigenvalue weighted by molar-refractivity contribution is -0.139. The number of rotatable bonds is 1. The van der Waals surface area contributed by atoms with Crippen LogP contribution in [0, 0.1) is 11.3 Å². The first-order chi connectivity index (χ1) is 5.55. The number of hydrogen-bond donors (Lipinski definition) is 1. The van der Waals surface area contributed by atoms with Gasteiger partial charge in [-0.15, -0.1) is 0 Å². The van der Waals surface area contributed by atoms with E-state index in [0.717, 1.165) is 12.8 Å². The lowest BCUT2D eigenvalue weighted by atomic mass is 9.90. The maximum Gasteiger partial charge on any atom is 0.311 e. The summed E-state index contributed by atoms with van der Waals surface area (Å²) in [4.78, 5) is 10.8. The molecule has 12 heavy (non-hydrogen) atoms. The predicted molar refractivity (Wildman–Crippen MR) is 45.8 cm³/mol. The molecule has 1 unspecified atom stereocenters. The minimum atomic E-state index is -0.644. The summed E-state index contributed by atoms with van der Waals surface area (Å²) in [5.74, 6) is -0.817. The fourth-order valence-electron chi connectivity index (χ4n) is 2.26. The molecule has 2 heteroatoms. The SMILES string of the molecule is CC1(C)C(=C2CCC2)C1C(=O)O. The molecular weight excluding hydrogens is 152 g/mol. The van der Waals surface area contributed by atoms with Gasteiger partial charge in [0, 0.05) is 5.41 Å². The molecule has 0 aromatic rings. The van der Waals surface area contributed by atoms with Crippen molar-refractivity contribution in [1.82, 2.24) is 0 Å². The van der Waals surface area contributed by atoms with Crippen LogP contribution in [-0.2, 0) is 4.79 Å². The van der Waals surface area contributed by atoms with Gasteiger partial charge >= 0.3 is 5.97 Å². The Morgan fingerprint density at radius 3 is 2.33 bits per heavy atom. The Labute approximate surface area is 72.3 Å². The third-order valence-electron chi connectivity index (χ3n) is 3.21. The second kappa shape index (κ2) is 2.12. The number of carboxylic acid groups (broad SMARTS) is 1. The van der Waals surface area contributed by atoms with E-state index in [9.17, 15) is 4.79 Å². The largest absolute Gasteiger partial charge is 0.481 e. The van der Waals surface area contributed by atoms with Crippen LogP contribution < -0.4 is 0 Å². The third kappa shape index (κ3) is 0.838. The molecule has 0 aliphatic heterocycles. The Kier molecular flexibility index (Phi) is 1.39. The molecule has 1 atom stereocenters. The summed E-state index contributed by atoms with van der Waals surface area (Å²) in [5.41, 5.74) is 2.61. The van der Waals surface area contributed by atoms with E-state index in [4.69, 9.17) is 5.11 Å². The highest BCUT2D eigenvalue weighted by atomic mass is 16.4. The highest BCUT2D eigenvalue weighted by Crippen LogP contribution is 2.61. The molecule has 0 aromatic heterocycles. The van der Waals surface area contributed by atoms with Crippen molar-refractivity contribution >= 4 is 5.97 Å². The molecule has 0 amide bonds. The maximum atomic E-state index is 10.8. The summed E-state index contributed by atoms with van der Waals surface area (Å²) in [5, 5.41) is 8.89. The molecule has 0 spiro atoms. The van der Waals surface area contributed by atoms with Gasteiger partial charge in [-0.25, -0.2) is 0 Å². The van der Waals surface area contributed by atoms with Crippen LogP contribution in [-0.4, -0.2) is 11.1 Å². The molecule has 2 nitrogen and oxygen atoms in total. The Bertz CT molecular complexity index is 268. The zero-order chi connectivity index (χ0) is 8.93. The molecule has 2 fully saturated rings. The summed E-state index contributed by atoms with van der Waals surface area (Å²) in [6.07, 6.45) is 3.53. The van der Waals surface area contributed by atoms with Gasteiger partial charge < -0.3 is 5.11 Å². The molecule has 1 N–H and O–H groups in total. The van der Waals surface area contributed by atoms with Crippen LogP contribution in [0.2, 0.25) is 0 Å². The van der Waals surface area contributed by atoms with Crippen molar-refractivity contribution in [2.24, 2.45) is 11.3 Å². The van der Waals surface area contributed by atoms with E-state index in [0.29, 0.717) is 0 Å². The Balaban J connectivity index is 2.26. The highest BCUT2D eigenvalue weighted by Gasteiger charge is 2.58. The number of carboxylic acids is 1. The normalized spacial score (nSPS) is 31.3. The predicted octanol–water partition coefficient (Wildman–Crippen LogP) is 2.21. The van der Waals surface area contributed by atoms with Crippen molar-refractivity contribution in [3.63, 3.8) is 0 Å². The zero-order valence-electron chi connectivity index (χ0n) is 7.55. The summed E-state index contributed by atoms with van der Waals surface area (Å²) < 4.78 is 0. The number of allylic oxidation sites excluding steroid dienone is 1. The molecule has 66 valence electrons. The average molecular weight is 166 g/mol. The van der Waals surface area contributed by atoms with Gasteiger partial charge in [0.1, 0.15) is 0 Å². The average Bonchev–Trinajstić information content (AvgIpc) is 2.30. The molecule has 0 bridgehead atoms. The smallest absolute Gasteiger partial charge is 0.311 e. The van der Waals surface area contributed by atoms with Crippen LogP contribution >= 0.6 is 0 Å². The van der Waals surface area contributed by atoms with Gasteiger partial charge in [-0.3, -0.25) is 4.79 Å². The van der Waals surface area contributed by atoms with E-state index in [1.807, 2.05) is 13.8 Å². The number of aliphatic carboxylic acids is 1. The van der Waals surface area contributed by atoms with Gasteiger partial charge in [-0.05, 0) is 24.8 Å². The van der Waals surface area contributed by atoms with Crippen molar-refractivity contribution in [2.45, 2.75) is 33.1 Å². The summed E-state index contributed by atoms with van der Waals surface area (Å²) in [7, 11) is 0. The van der Waals surface area contributed by atoms with Crippen LogP contribution in [0.5, 0.6) is 0 Å². The topological polar surface area (TPSA) is 37.3 Å². The van der Waals surface area contributed by atoms with Gasteiger partial charge in [0.25, 0.3) is 0 Å². The van der Waals surface area contributed by atoms with Crippen LogP contribution in [0.3, 0.4) is 0 Å². The second-order valence-corrected chi connectivity index (χ2v) is 4.36. The van der Waals surface area contributed by atoms with Crippen LogP contribution in [0.25, 0.3) is 0 Å². The molecule has 0 aromatic carbocycles. The Morgan fingerprint density at radius 1 is 1.50 bits per heavy atom. The fourth-order valence-corrected chi connectivity index (χ4v) is 2.26. The lowest BCUT2D eigenvalue weighted by Gasteiger charge is -2.16. The monoisotopic (exact) mass is 166 g/mol. The zero-order valence-corrected chi connectivity index (χ0v) is 7.55. The van der Waals surface area contributed by atoms with Gasteiger partial charge in [0.05, 0.1) is 5.92 Å². The van der Waals surface area contributed by atoms with Gasteiger partial charge in [-0.1, -0.05) is 19.4 Å². The molecule has 0 saturated heterocycles. The first-order valence-corrected chi connectivity index (χ1v) is 4.50. The van der Waals surface area contributed by atoms with Crippen molar-refractivity contribution in [3.05, 3.63) is 11.1 Å². The van der Waals surface area contributed by atoms with Gasteiger partial charge in [0.2, 0.25) is 0 Å². The van der Waals surface area contributed by atoms with Crippen molar-refractivity contribution in [3.8, 4) is 0 Å². The summed E-state index contributed by atoms with van der Waals surface area (Å²) in [6.45, 7) is 4.07. The van der Waals surface area contributed by atoms with Crippen molar-refractivity contribution in [1.29, 1.82) is 0 Å². The fraction of sp³-hybridized carbons (Fsp3) is 0.700. The van der Waals surface area contributed by atoms with Crippen LogP contribution in [0.4, 0.5) is 0 Å². The molecule has 2 rings (SSSR count). The van der Waals surface area contributed by atoms with E-state index in [1.54, 1.807) is 0 Å². The summed E-state index contributed by atoms with van der Waals surface area (Å²) >= 11 is 0. The van der Waals surface area contributed by atoms with Gasteiger partial charge in [0.15, 0.2) is 0 Å². The minimum absolute atomic E-state index is 0.0401. The van der Waals surface area contributed by atoms with E-state index in [2.05, 4.69) is 0 Å². The molecule has 0 heterocycles. The minimum Gasteiger partial charge on any atom is -0.481 e. The van der Waals surface area contributed by atoms with E-state index >= 15 is 0 Å². The molecular formula is C10H14O2. The van der Waals surface area contributed by atoms with Crippen LogP contribution in [0.1, 0.15) is 33.1 Å². The molecule has 2 saturated carbocycles. The Morgan fingerprint density at radius 2 is 2.08 bits per heavy atom. The standard InChI is InChI=1S/C10H14O2/c1-10(2)7(6-4-3-5-6)8(10)9(11)12/h8H,3-5H2,1-2H3,(H,11,12). The van der Waals surface area contributed by atoms with Gasteiger partial charge in [-0.2, -0.15) is 0 Å². The quantitative estimate of drug-likeness (QED) is 0.606. The third-order valence-corrected chi connectivity index (χ3v) is 3.21. The number of hydrogen-bond acceptors (Lipinski definition) is 1. The lowest BCUT2D eigenvalue weighted by Crippen LogP contribution is -2.03. The molecule has 2 aliphatic rings. The first-order valence-electron chi connectivity index (χ1n) is 4.50. The van der Waals surface area contributed by atoms with E-state index < -0.39 is 5.97 Å². The van der Waals surface area contributed by atoms with Crippen molar-refractivity contribution < 1.29 is 9.90 Å². The first kappa shape index (κ1) is 7.84. The summed E-state index contributed by atoms with van der Waals surface area (Å²) in [6, 6.07) is 0. The number of carbonyl (C=O) groups is 1. The maximum absolute atomic E-state index is 10.8. The van der Waals surface area contributed by atoms with Crippen molar-refractivity contribution in [2.75, 3.05) is 0 Å². The highest BCUT2D eigenvalue weighted by molar-refractivity contribution is 5.82. The Hall–Kier alpha value is -0.790. The molecule has 2 aliphatic carbocycles. The van der Waals surface area contributed by atoms with E-state index in [-0.39, 0.29) is 11.3 Å². The van der Waals surface area contributed by atoms with E-state index in [1.165, 1.54) is 17.6 Å². The van der Waals surface area contributed by atoms with Crippen LogP contribution in [0.15, 0.2) is 11.1 Å². The molecule has 0 radical (unpaired) electrons. The second-order valence-electron chi connectivity index (χ2n) is 4.36.